The molecule has 1 aromatic heterocycles. The minimum Gasteiger partial charge on any atom is -0.503 e. The van der Waals surface area contributed by atoms with E-state index >= 15 is 0 Å². The molecular formula is C13H12BrClN4O3. The molecular weight excluding hydrogens is 376 g/mol. The van der Waals surface area contributed by atoms with E-state index in [4.69, 9.17) is 16.3 Å². The Morgan fingerprint density at radius 3 is 2.91 bits per heavy atom. The summed E-state index contributed by atoms with van der Waals surface area (Å²) >= 11 is 9.07. The number of aromatic nitrogens is 2. The fourth-order valence-corrected chi connectivity index (χ4v) is 2.42. The third-order valence-corrected chi connectivity index (χ3v) is 3.64. The van der Waals surface area contributed by atoms with Crippen LogP contribution in [0.15, 0.2) is 27.9 Å². The van der Waals surface area contributed by atoms with Crippen molar-refractivity contribution in [1.29, 1.82) is 0 Å². The average molecular weight is 388 g/mol. The molecule has 0 bridgehead atoms. The Labute approximate surface area is 139 Å². The number of benzene rings is 1. The van der Waals surface area contributed by atoms with E-state index in [1.165, 1.54) is 24.2 Å². The van der Waals surface area contributed by atoms with Crippen LogP contribution < -0.4 is 10.2 Å². The normalized spacial score (nSPS) is 10.9. The number of nitrogens with one attached hydrogen (secondary N) is 1. The molecule has 1 aromatic carbocycles. The van der Waals surface area contributed by atoms with Gasteiger partial charge in [0.15, 0.2) is 11.5 Å². The largest absolute Gasteiger partial charge is 0.503 e. The van der Waals surface area contributed by atoms with Gasteiger partial charge in [0, 0.05) is 7.05 Å². The number of carbonyl (C=O) groups excluding carboxylic acids is 1. The third kappa shape index (κ3) is 3.40. The zero-order chi connectivity index (χ0) is 16.3. The summed E-state index contributed by atoms with van der Waals surface area (Å²) in [5.41, 5.74) is 3.19. The van der Waals surface area contributed by atoms with Crippen molar-refractivity contribution in [1.82, 2.24) is 15.2 Å². The van der Waals surface area contributed by atoms with Crippen LogP contribution in [-0.4, -0.2) is 34.1 Å². The Kier molecular flexibility index (Phi) is 5.04. The molecule has 2 rings (SSSR count). The smallest absolute Gasteiger partial charge is 0.291 e. The maximum absolute atomic E-state index is 11.9. The summed E-state index contributed by atoms with van der Waals surface area (Å²) in [5, 5.41) is 17.7. The number of rotatable bonds is 4. The lowest BCUT2D eigenvalue weighted by atomic mass is 10.2. The molecule has 2 N–H and O–H groups in total. The second-order valence-electron chi connectivity index (χ2n) is 4.22. The van der Waals surface area contributed by atoms with Gasteiger partial charge in [-0.2, -0.15) is 10.2 Å². The van der Waals surface area contributed by atoms with Gasteiger partial charge in [-0.15, -0.1) is 0 Å². The fourth-order valence-electron chi connectivity index (χ4n) is 1.71. The van der Waals surface area contributed by atoms with Crippen LogP contribution in [0.3, 0.4) is 0 Å². The minimum atomic E-state index is -0.481. The molecule has 0 saturated heterocycles. The highest BCUT2D eigenvalue weighted by Gasteiger charge is 2.14. The number of carbonyl (C=O) groups is 1. The zero-order valence-corrected chi connectivity index (χ0v) is 14.0. The Morgan fingerprint density at radius 2 is 2.32 bits per heavy atom. The van der Waals surface area contributed by atoms with Gasteiger partial charge in [-0.1, -0.05) is 11.6 Å². The molecule has 0 aliphatic heterocycles. The van der Waals surface area contributed by atoms with Crippen molar-refractivity contribution >= 4 is 39.7 Å². The molecule has 7 nitrogen and oxygen atoms in total. The number of hydrazone groups is 1. The summed E-state index contributed by atoms with van der Waals surface area (Å²) in [6, 6.07) is 3.21. The van der Waals surface area contributed by atoms with Crippen molar-refractivity contribution in [3.63, 3.8) is 0 Å². The van der Waals surface area contributed by atoms with E-state index in [1.54, 1.807) is 19.2 Å². The highest BCUT2D eigenvalue weighted by Crippen LogP contribution is 2.34. The predicted molar refractivity (Wildman–Crippen MR) is 85.6 cm³/mol. The highest BCUT2D eigenvalue weighted by atomic mass is 79.9. The molecule has 1 amide bonds. The maximum Gasteiger partial charge on any atom is 0.291 e. The van der Waals surface area contributed by atoms with E-state index in [0.717, 1.165) is 0 Å². The van der Waals surface area contributed by atoms with Crippen molar-refractivity contribution in [2.45, 2.75) is 0 Å². The molecule has 0 spiro atoms. The zero-order valence-electron chi connectivity index (χ0n) is 11.7. The molecule has 0 aliphatic rings. The molecule has 0 fully saturated rings. The quantitative estimate of drug-likeness (QED) is 0.622. The fraction of sp³-hybridized carbons (Fsp3) is 0.154. The number of nitrogens with zero attached hydrogens (tertiary/aromatic N) is 3. The van der Waals surface area contributed by atoms with E-state index in [9.17, 15) is 9.90 Å². The molecule has 0 radical (unpaired) electrons. The van der Waals surface area contributed by atoms with Crippen molar-refractivity contribution in [2.75, 3.05) is 7.11 Å². The summed E-state index contributed by atoms with van der Waals surface area (Å²) in [6.45, 7) is 0. The highest BCUT2D eigenvalue weighted by molar-refractivity contribution is 9.10. The molecule has 0 saturated carbocycles. The van der Waals surface area contributed by atoms with Crippen molar-refractivity contribution in [3.05, 3.63) is 39.1 Å². The molecule has 22 heavy (non-hydrogen) atoms. The molecule has 0 aliphatic carbocycles. The minimum absolute atomic E-state index is 0.00893. The number of amides is 1. The first kappa shape index (κ1) is 16.3. The van der Waals surface area contributed by atoms with Gasteiger partial charge in [-0.3, -0.25) is 9.48 Å². The first-order valence-electron chi connectivity index (χ1n) is 6.01. The van der Waals surface area contributed by atoms with E-state index in [0.29, 0.717) is 10.0 Å². The van der Waals surface area contributed by atoms with Gasteiger partial charge in [0.1, 0.15) is 5.69 Å². The number of ether oxygens (including phenoxy) is 1. The number of hydrogen-bond donors (Lipinski definition) is 2. The number of hydrogen-bond acceptors (Lipinski definition) is 5. The summed E-state index contributed by atoms with van der Waals surface area (Å²) in [5.74, 6) is -0.201. The van der Waals surface area contributed by atoms with Gasteiger partial charge in [0.2, 0.25) is 0 Å². The number of phenols is 1. The first-order chi connectivity index (χ1) is 10.4. The van der Waals surface area contributed by atoms with E-state index in [1.807, 2.05) is 0 Å². The second-order valence-corrected chi connectivity index (χ2v) is 5.48. The first-order valence-corrected chi connectivity index (χ1v) is 7.18. The monoisotopic (exact) mass is 386 g/mol. The summed E-state index contributed by atoms with van der Waals surface area (Å²) < 4.78 is 6.83. The van der Waals surface area contributed by atoms with Crippen LogP contribution in [0.4, 0.5) is 0 Å². The number of halogens is 2. The summed E-state index contributed by atoms with van der Waals surface area (Å²) in [4.78, 5) is 11.9. The van der Waals surface area contributed by atoms with Crippen molar-refractivity contribution < 1.29 is 14.6 Å². The van der Waals surface area contributed by atoms with Crippen LogP contribution in [-0.2, 0) is 7.05 Å². The predicted octanol–water partition coefficient (Wildman–Crippen LogP) is 2.31. The topological polar surface area (TPSA) is 88.7 Å². The van der Waals surface area contributed by atoms with Crippen LogP contribution in [0.1, 0.15) is 16.1 Å². The molecule has 1 heterocycles. The lowest BCUT2D eigenvalue weighted by Gasteiger charge is -2.06. The summed E-state index contributed by atoms with van der Waals surface area (Å²) in [6.07, 6.45) is 2.79. The van der Waals surface area contributed by atoms with Crippen molar-refractivity contribution in [2.24, 2.45) is 12.1 Å². The second kappa shape index (κ2) is 6.80. The SMILES string of the molecule is COc1cc(C=NNC(=O)c2c(Cl)cnn2C)cc(Br)c1O. The Bertz CT molecular complexity index is 726. The molecule has 116 valence electrons. The van der Waals surface area contributed by atoms with Gasteiger partial charge < -0.3 is 9.84 Å². The molecule has 0 unspecified atom stereocenters. The van der Waals surface area contributed by atoms with E-state index < -0.39 is 5.91 Å². The van der Waals surface area contributed by atoms with E-state index in [2.05, 4.69) is 31.6 Å². The van der Waals surface area contributed by atoms with Crippen molar-refractivity contribution in [3.8, 4) is 11.5 Å². The number of aryl methyl sites for hydroxylation is 1. The van der Waals surface area contributed by atoms with E-state index in [-0.39, 0.29) is 22.2 Å². The van der Waals surface area contributed by atoms with Crippen LogP contribution in [0, 0.1) is 0 Å². The van der Waals surface area contributed by atoms with Crippen LogP contribution >= 0.6 is 27.5 Å². The number of aromatic hydroxyl groups is 1. The maximum atomic E-state index is 11.9. The Morgan fingerprint density at radius 1 is 1.59 bits per heavy atom. The van der Waals surface area contributed by atoms with Gasteiger partial charge in [-0.05, 0) is 33.6 Å². The average Bonchev–Trinajstić information content (AvgIpc) is 2.81. The molecule has 0 atom stereocenters. The van der Waals surface area contributed by atoms with Crippen LogP contribution in [0.25, 0.3) is 0 Å². The van der Waals surface area contributed by atoms with Gasteiger partial charge in [0.05, 0.1) is 29.0 Å². The Balaban J connectivity index is 2.13. The lowest BCUT2D eigenvalue weighted by Crippen LogP contribution is -2.21. The standard InChI is InChI=1S/C13H12BrClN4O3/c1-19-11(9(15)6-17-19)13(21)18-16-5-7-3-8(14)12(20)10(4-7)22-2/h3-6,20H,1-2H3,(H,18,21). The lowest BCUT2D eigenvalue weighted by molar-refractivity contribution is 0.0946. The summed E-state index contributed by atoms with van der Waals surface area (Å²) in [7, 11) is 3.04. The van der Waals surface area contributed by atoms with Gasteiger partial charge >= 0.3 is 0 Å². The molecule has 9 heteroatoms. The van der Waals surface area contributed by atoms with Gasteiger partial charge in [-0.25, -0.2) is 5.43 Å². The Hall–Kier alpha value is -2.06. The number of methoxy groups -OCH3 is 1. The van der Waals surface area contributed by atoms with Crippen LogP contribution in [0.2, 0.25) is 5.02 Å². The number of phenolic OH excluding ortho intramolecular Hbond substituents is 1. The van der Waals surface area contributed by atoms with Crippen LogP contribution in [0.5, 0.6) is 11.5 Å². The third-order valence-electron chi connectivity index (χ3n) is 2.76. The molecule has 2 aromatic rings. The van der Waals surface area contributed by atoms with Gasteiger partial charge in [0.25, 0.3) is 5.91 Å².